The summed E-state index contributed by atoms with van der Waals surface area (Å²) in [5.74, 6) is -0.0287. The van der Waals surface area contributed by atoms with Crippen molar-refractivity contribution >= 4 is 56.7 Å². The van der Waals surface area contributed by atoms with Crippen LogP contribution in [0.1, 0.15) is 5.56 Å². The maximum absolute atomic E-state index is 13.7. The summed E-state index contributed by atoms with van der Waals surface area (Å²) in [5.41, 5.74) is 0.864. The second-order valence-corrected chi connectivity index (χ2v) is 6.93. The smallest absolute Gasteiger partial charge is 0.306 e. The van der Waals surface area contributed by atoms with Crippen LogP contribution in [0.25, 0.3) is 0 Å². The Balaban J connectivity index is 1.70. The van der Waals surface area contributed by atoms with E-state index in [4.69, 9.17) is 23.2 Å². The highest BCUT2D eigenvalue weighted by molar-refractivity contribution is 9.10. The van der Waals surface area contributed by atoms with E-state index >= 15 is 0 Å². The Morgan fingerprint density at radius 3 is 2.69 bits per heavy atom. The van der Waals surface area contributed by atoms with Gasteiger partial charge >= 0.3 is 6.03 Å². The van der Waals surface area contributed by atoms with Gasteiger partial charge in [0.2, 0.25) is 0 Å². The molecule has 0 saturated heterocycles. The lowest BCUT2D eigenvalue weighted by molar-refractivity contribution is 0.262. The molecular formula is C17H12BrCl2FN4O. The molecule has 0 unspecified atom stereocenters. The molecule has 134 valence electrons. The molecule has 5 nitrogen and oxygen atoms in total. The van der Waals surface area contributed by atoms with Crippen molar-refractivity contribution in [1.29, 1.82) is 0 Å². The van der Waals surface area contributed by atoms with Gasteiger partial charge < -0.3 is 5.32 Å². The molecule has 0 aliphatic rings. The normalized spacial score (nSPS) is 10.6. The molecule has 0 fully saturated rings. The summed E-state index contributed by atoms with van der Waals surface area (Å²) in [7, 11) is 0. The minimum Gasteiger partial charge on any atom is -0.306 e. The fourth-order valence-electron chi connectivity index (χ4n) is 2.23. The SMILES string of the molecule is O=C(Nc1cccc(Cl)c1Cl)Nc1nn(Cc2ccccc2F)cc1Br. The van der Waals surface area contributed by atoms with Crippen LogP contribution in [0, 0.1) is 5.82 Å². The average Bonchev–Trinajstić information content (AvgIpc) is 2.93. The summed E-state index contributed by atoms with van der Waals surface area (Å²) >= 11 is 15.3. The second kappa shape index (κ2) is 8.07. The van der Waals surface area contributed by atoms with Crippen molar-refractivity contribution in [2.75, 3.05) is 10.6 Å². The molecule has 0 radical (unpaired) electrons. The van der Waals surface area contributed by atoms with Crippen LogP contribution in [0.3, 0.4) is 0 Å². The maximum atomic E-state index is 13.7. The van der Waals surface area contributed by atoms with Gasteiger partial charge in [-0.25, -0.2) is 9.18 Å². The molecule has 0 aliphatic heterocycles. The molecule has 2 aromatic carbocycles. The molecule has 26 heavy (non-hydrogen) atoms. The number of hydrogen-bond acceptors (Lipinski definition) is 2. The minimum absolute atomic E-state index is 0.231. The minimum atomic E-state index is -0.536. The third-order valence-electron chi connectivity index (χ3n) is 3.44. The van der Waals surface area contributed by atoms with Crippen LogP contribution in [0.15, 0.2) is 53.1 Å². The zero-order valence-corrected chi connectivity index (χ0v) is 16.2. The van der Waals surface area contributed by atoms with Crippen LogP contribution < -0.4 is 10.6 Å². The largest absolute Gasteiger partial charge is 0.324 e. The number of amides is 2. The standard InChI is InChI=1S/C17H12BrCl2FN4O/c18-11-9-25(8-10-4-1-2-6-13(10)21)24-16(11)23-17(26)22-14-7-3-5-12(19)15(14)20/h1-7,9H,8H2,(H2,22,23,24,26). The van der Waals surface area contributed by atoms with Crippen molar-refractivity contribution in [1.82, 2.24) is 9.78 Å². The maximum Gasteiger partial charge on any atom is 0.324 e. The highest BCUT2D eigenvalue weighted by Crippen LogP contribution is 2.29. The van der Waals surface area contributed by atoms with Gasteiger partial charge in [-0.3, -0.25) is 10.00 Å². The fraction of sp³-hybridized carbons (Fsp3) is 0.0588. The van der Waals surface area contributed by atoms with Crippen LogP contribution in [0.4, 0.5) is 20.7 Å². The molecule has 0 saturated carbocycles. The Kier molecular flexibility index (Phi) is 5.80. The van der Waals surface area contributed by atoms with E-state index in [1.807, 2.05) is 0 Å². The molecule has 1 heterocycles. The van der Waals surface area contributed by atoms with Gasteiger partial charge in [0.25, 0.3) is 0 Å². The summed E-state index contributed by atoms with van der Waals surface area (Å²) in [5, 5.41) is 10.0. The summed E-state index contributed by atoms with van der Waals surface area (Å²) in [6.07, 6.45) is 1.65. The first kappa shape index (κ1) is 18.7. The van der Waals surface area contributed by atoms with E-state index in [1.54, 1.807) is 42.6 Å². The van der Waals surface area contributed by atoms with Crippen LogP contribution in [0.5, 0.6) is 0 Å². The quantitative estimate of drug-likeness (QED) is 0.521. The van der Waals surface area contributed by atoms with Crippen molar-refractivity contribution in [2.24, 2.45) is 0 Å². The molecule has 1 aromatic heterocycles. The molecule has 9 heteroatoms. The first-order valence-corrected chi connectivity index (χ1v) is 8.97. The van der Waals surface area contributed by atoms with E-state index in [0.717, 1.165) is 0 Å². The number of nitrogens with one attached hydrogen (secondary N) is 2. The van der Waals surface area contributed by atoms with Crippen LogP contribution in [-0.2, 0) is 6.54 Å². The number of carbonyl (C=O) groups excluding carboxylic acids is 1. The molecule has 0 bridgehead atoms. The number of aromatic nitrogens is 2. The van der Waals surface area contributed by atoms with Gasteiger partial charge in [-0.15, -0.1) is 0 Å². The molecule has 3 aromatic rings. The summed E-state index contributed by atoms with van der Waals surface area (Å²) in [6, 6.07) is 10.8. The van der Waals surface area contributed by atoms with Gasteiger partial charge in [0.15, 0.2) is 5.82 Å². The Morgan fingerprint density at radius 1 is 1.15 bits per heavy atom. The summed E-state index contributed by atoms with van der Waals surface area (Å²) in [4.78, 5) is 12.2. The monoisotopic (exact) mass is 456 g/mol. The number of nitrogens with zero attached hydrogens (tertiary/aromatic N) is 2. The Hall–Kier alpha value is -2.09. The topological polar surface area (TPSA) is 59.0 Å². The predicted molar refractivity (Wildman–Crippen MR) is 105 cm³/mol. The number of halogens is 4. The first-order valence-electron chi connectivity index (χ1n) is 7.42. The van der Waals surface area contributed by atoms with Crippen LogP contribution in [0.2, 0.25) is 10.0 Å². The van der Waals surface area contributed by atoms with E-state index in [0.29, 0.717) is 20.7 Å². The highest BCUT2D eigenvalue weighted by atomic mass is 79.9. The molecule has 0 spiro atoms. The predicted octanol–water partition coefficient (Wildman–Crippen LogP) is 5.78. The molecule has 0 atom stereocenters. The van der Waals surface area contributed by atoms with Gasteiger partial charge in [0.1, 0.15) is 5.82 Å². The molecular weight excluding hydrogens is 446 g/mol. The van der Waals surface area contributed by atoms with E-state index in [9.17, 15) is 9.18 Å². The average molecular weight is 458 g/mol. The summed E-state index contributed by atoms with van der Waals surface area (Å²) < 4.78 is 15.8. The second-order valence-electron chi connectivity index (χ2n) is 5.30. The van der Waals surface area contributed by atoms with E-state index in [1.165, 1.54) is 10.7 Å². The number of anilines is 2. The van der Waals surface area contributed by atoms with Crippen molar-refractivity contribution < 1.29 is 9.18 Å². The molecule has 3 rings (SSSR count). The summed E-state index contributed by atoms with van der Waals surface area (Å²) in [6.45, 7) is 0.231. The van der Waals surface area contributed by atoms with Gasteiger partial charge in [0, 0.05) is 11.8 Å². The third-order valence-corrected chi connectivity index (χ3v) is 4.84. The zero-order chi connectivity index (χ0) is 18.7. The van der Waals surface area contributed by atoms with Crippen LogP contribution >= 0.6 is 39.1 Å². The van der Waals surface area contributed by atoms with E-state index in [2.05, 4.69) is 31.7 Å². The van der Waals surface area contributed by atoms with Gasteiger partial charge in [0.05, 0.1) is 26.8 Å². The highest BCUT2D eigenvalue weighted by Gasteiger charge is 2.13. The number of carbonyl (C=O) groups is 1. The Labute approximate surface area is 167 Å². The van der Waals surface area contributed by atoms with Gasteiger partial charge in [-0.2, -0.15) is 5.10 Å². The van der Waals surface area contributed by atoms with Crippen molar-refractivity contribution in [3.63, 3.8) is 0 Å². The molecule has 0 aliphatic carbocycles. The van der Waals surface area contributed by atoms with E-state index < -0.39 is 6.03 Å². The molecule has 2 amide bonds. The lowest BCUT2D eigenvalue weighted by atomic mass is 10.2. The number of hydrogen-bond donors (Lipinski definition) is 2. The number of urea groups is 1. The van der Waals surface area contributed by atoms with Gasteiger partial charge in [-0.05, 0) is 34.1 Å². The van der Waals surface area contributed by atoms with E-state index in [-0.39, 0.29) is 23.2 Å². The Morgan fingerprint density at radius 2 is 1.92 bits per heavy atom. The number of benzene rings is 2. The lowest BCUT2D eigenvalue weighted by Gasteiger charge is -2.08. The van der Waals surface area contributed by atoms with Crippen molar-refractivity contribution in [2.45, 2.75) is 6.54 Å². The van der Waals surface area contributed by atoms with Crippen molar-refractivity contribution in [3.8, 4) is 0 Å². The lowest BCUT2D eigenvalue weighted by Crippen LogP contribution is -2.20. The third kappa shape index (κ3) is 4.35. The first-order chi connectivity index (χ1) is 12.4. The number of rotatable bonds is 4. The fourth-order valence-corrected chi connectivity index (χ4v) is 2.99. The van der Waals surface area contributed by atoms with Crippen molar-refractivity contribution in [3.05, 3.63) is 74.6 Å². The Bertz CT molecular complexity index is 964. The van der Waals surface area contributed by atoms with Gasteiger partial charge in [-0.1, -0.05) is 47.5 Å². The van der Waals surface area contributed by atoms with Crippen LogP contribution in [-0.4, -0.2) is 15.8 Å². The molecule has 2 N–H and O–H groups in total. The zero-order valence-electron chi connectivity index (χ0n) is 13.1.